The molecule has 120 valence electrons. The van der Waals surface area contributed by atoms with Crippen molar-refractivity contribution in [3.05, 3.63) is 36.4 Å². The molecule has 0 saturated heterocycles. The van der Waals surface area contributed by atoms with E-state index in [4.69, 9.17) is 5.26 Å². The second-order valence-corrected chi connectivity index (χ2v) is 4.33. The second-order valence-electron chi connectivity index (χ2n) is 4.33. The molecule has 7 nitrogen and oxygen atoms in total. The van der Waals surface area contributed by atoms with Crippen molar-refractivity contribution in [2.24, 2.45) is 0 Å². The van der Waals surface area contributed by atoms with Gasteiger partial charge in [0, 0.05) is 12.1 Å². The van der Waals surface area contributed by atoms with Gasteiger partial charge in [-0.15, -0.1) is 13.2 Å². The van der Waals surface area contributed by atoms with Crippen LogP contribution in [-0.2, 0) is 11.3 Å². The molecule has 0 atom stereocenters. The number of hydrogen-bond donors (Lipinski definition) is 1. The number of rotatable bonds is 5. The summed E-state index contributed by atoms with van der Waals surface area (Å²) in [5.74, 6) is -1.01. The van der Waals surface area contributed by atoms with E-state index in [0.717, 1.165) is 12.1 Å². The van der Waals surface area contributed by atoms with Crippen molar-refractivity contribution in [1.29, 1.82) is 5.26 Å². The van der Waals surface area contributed by atoms with Crippen molar-refractivity contribution in [3.63, 3.8) is 0 Å². The van der Waals surface area contributed by atoms with Gasteiger partial charge in [0.05, 0.1) is 12.1 Å². The smallest absolute Gasteiger partial charge is 0.404 e. The van der Waals surface area contributed by atoms with Crippen LogP contribution in [0.2, 0.25) is 0 Å². The first kappa shape index (κ1) is 16.3. The largest absolute Gasteiger partial charge is 0.573 e. The fourth-order valence-corrected chi connectivity index (χ4v) is 1.70. The molecule has 1 aromatic heterocycles. The van der Waals surface area contributed by atoms with E-state index in [1.807, 2.05) is 0 Å². The number of hydrogen-bond acceptors (Lipinski definition) is 5. The van der Waals surface area contributed by atoms with Crippen molar-refractivity contribution >= 4 is 11.6 Å². The molecule has 1 aromatic carbocycles. The summed E-state index contributed by atoms with van der Waals surface area (Å²) in [7, 11) is 0. The Morgan fingerprint density at radius 3 is 2.83 bits per heavy atom. The van der Waals surface area contributed by atoms with E-state index < -0.39 is 12.1 Å². The summed E-state index contributed by atoms with van der Waals surface area (Å²) in [6.07, 6.45) is -2.03. The number of halogens is 3. The van der Waals surface area contributed by atoms with E-state index in [2.05, 4.69) is 20.1 Å². The highest BCUT2D eigenvalue weighted by atomic mass is 19.4. The number of nitrogens with zero attached hydrogens (tertiary/aromatic N) is 4. The lowest BCUT2D eigenvalue weighted by Gasteiger charge is -2.11. The maximum atomic E-state index is 12.2. The van der Waals surface area contributed by atoms with E-state index in [-0.39, 0.29) is 23.6 Å². The number of alkyl halides is 3. The van der Waals surface area contributed by atoms with Crippen LogP contribution >= 0.6 is 0 Å². The first-order valence-corrected chi connectivity index (χ1v) is 6.29. The fraction of sp³-hybridized carbons (Fsp3) is 0.231. The minimum Gasteiger partial charge on any atom is -0.404 e. The van der Waals surface area contributed by atoms with E-state index in [1.54, 1.807) is 6.07 Å². The Morgan fingerprint density at radius 1 is 1.43 bits per heavy atom. The molecule has 0 saturated carbocycles. The summed E-state index contributed by atoms with van der Waals surface area (Å²) in [6.45, 7) is 0.298. The van der Waals surface area contributed by atoms with Gasteiger partial charge in [0.1, 0.15) is 24.5 Å². The van der Waals surface area contributed by atoms with Gasteiger partial charge in [-0.2, -0.15) is 10.4 Å². The number of aromatic nitrogens is 3. The predicted molar refractivity (Wildman–Crippen MR) is 71.1 cm³/mol. The third kappa shape index (κ3) is 4.99. The highest BCUT2D eigenvalue weighted by Crippen LogP contribution is 2.28. The Labute approximate surface area is 128 Å². The number of ether oxygens (including phenoxy) is 1. The van der Waals surface area contributed by atoms with Crippen LogP contribution in [0.3, 0.4) is 0 Å². The van der Waals surface area contributed by atoms with Gasteiger partial charge in [-0.25, -0.2) is 4.98 Å². The molecule has 0 unspecified atom stereocenters. The van der Waals surface area contributed by atoms with Crippen molar-refractivity contribution in [2.45, 2.75) is 19.3 Å². The van der Waals surface area contributed by atoms with Crippen molar-refractivity contribution in [2.75, 3.05) is 5.32 Å². The molecule has 0 bridgehead atoms. The molecule has 23 heavy (non-hydrogen) atoms. The van der Waals surface area contributed by atoms with E-state index in [1.165, 1.54) is 23.4 Å². The molecule has 0 aliphatic rings. The normalized spacial score (nSPS) is 10.9. The van der Waals surface area contributed by atoms with Crippen LogP contribution in [0.1, 0.15) is 12.0 Å². The number of anilines is 1. The standard InChI is InChI=1S/C13H10F3N5O2/c14-13(15,16)23-11-2-1-10(5-9(11)6-17)20-12(22)3-4-21-8-18-7-19-21/h1-2,5,7-8H,3-4H2,(H,20,22). The van der Waals surface area contributed by atoms with E-state index in [0.29, 0.717) is 6.54 Å². The molecule has 0 fully saturated rings. The number of aryl methyl sites for hydroxylation is 1. The van der Waals surface area contributed by atoms with Gasteiger partial charge in [0.15, 0.2) is 0 Å². The molecule has 0 radical (unpaired) electrons. The first-order chi connectivity index (χ1) is 10.9. The number of carbonyl (C=O) groups is 1. The number of benzene rings is 1. The van der Waals surface area contributed by atoms with E-state index >= 15 is 0 Å². The van der Waals surface area contributed by atoms with Gasteiger partial charge < -0.3 is 10.1 Å². The lowest BCUT2D eigenvalue weighted by molar-refractivity contribution is -0.274. The van der Waals surface area contributed by atoms with Crippen molar-refractivity contribution in [1.82, 2.24) is 14.8 Å². The van der Waals surface area contributed by atoms with Crippen LogP contribution < -0.4 is 10.1 Å². The topological polar surface area (TPSA) is 92.8 Å². The Morgan fingerprint density at radius 2 is 2.22 bits per heavy atom. The van der Waals surface area contributed by atoms with Gasteiger partial charge in [-0.3, -0.25) is 9.48 Å². The average molecular weight is 325 g/mol. The molecule has 0 spiro atoms. The summed E-state index contributed by atoms with van der Waals surface area (Å²) in [5.41, 5.74) is -0.143. The third-order valence-corrected chi connectivity index (χ3v) is 2.64. The molecule has 1 heterocycles. The minimum atomic E-state index is -4.89. The van der Waals surface area contributed by atoms with Crippen LogP contribution in [0.4, 0.5) is 18.9 Å². The average Bonchev–Trinajstić information content (AvgIpc) is 2.98. The van der Waals surface area contributed by atoms with Gasteiger partial charge in [-0.1, -0.05) is 0 Å². The van der Waals surface area contributed by atoms with Crippen molar-refractivity contribution in [3.8, 4) is 11.8 Å². The summed E-state index contributed by atoms with van der Waals surface area (Å²) < 4.78 is 41.8. The minimum absolute atomic E-state index is 0.0893. The molecule has 2 rings (SSSR count). The van der Waals surface area contributed by atoms with E-state index in [9.17, 15) is 18.0 Å². The molecule has 0 aliphatic carbocycles. The quantitative estimate of drug-likeness (QED) is 0.908. The zero-order valence-electron chi connectivity index (χ0n) is 11.5. The van der Waals surface area contributed by atoms with Crippen LogP contribution in [0.5, 0.6) is 5.75 Å². The van der Waals surface area contributed by atoms with Crippen LogP contribution in [0.25, 0.3) is 0 Å². The molecule has 1 amide bonds. The zero-order chi connectivity index (χ0) is 16.9. The fourth-order valence-electron chi connectivity index (χ4n) is 1.70. The zero-order valence-corrected chi connectivity index (χ0v) is 11.5. The summed E-state index contributed by atoms with van der Waals surface area (Å²) in [4.78, 5) is 15.5. The number of carbonyl (C=O) groups excluding carboxylic acids is 1. The lowest BCUT2D eigenvalue weighted by Crippen LogP contribution is -2.18. The monoisotopic (exact) mass is 325 g/mol. The highest BCUT2D eigenvalue weighted by Gasteiger charge is 2.32. The maximum absolute atomic E-state index is 12.2. The molecular formula is C13H10F3N5O2. The second kappa shape index (κ2) is 6.78. The number of amides is 1. The predicted octanol–water partition coefficient (Wildman–Crippen LogP) is 2.08. The summed E-state index contributed by atoms with van der Waals surface area (Å²) in [5, 5.41) is 15.2. The number of nitriles is 1. The Balaban J connectivity index is 2.00. The van der Waals surface area contributed by atoms with Gasteiger partial charge in [0.2, 0.25) is 5.91 Å². The van der Waals surface area contributed by atoms with Crippen LogP contribution in [0, 0.1) is 11.3 Å². The third-order valence-electron chi connectivity index (χ3n) is 2.64. The van der Waals surface area contributed by atoms with Gasteiger partial charge in [-0.05, 0) is 18.2 Å². The van der Waals surface area contributed by atoms with Gasteiger partial charge >= 0.3 is 6.36 Å². The van der Waals surface area contributed by atoms with Crippen LogP contribution in [-0.4, -0.2) is 27.0 Å². The molecule has 1 N–H and O–H groups in total. The molecule has 0 aliphatic heterocycles. The Hall–Kier alpha value is -3.09. The van der Waals surface area contributed by atoms with Gasteiger partial charge in [0.25, 0.3) is 0 Å². The Kier molecular flexibility index (Phi) is 4.80. The Bertz CT molecular complexity index is 722. The molecule has 2 aromatic rings. The number of nitrogens with one attached hydrogen (secondary N) is 1. The maximum Gasteiger partial charge on any atom is 0.573 e. The molecule has 10 heteroatoms. The first-order valence-electron chi connectivity index (χ1n) is 6.29. The highest BCUT2D eigenvalue weighted by molar-refractivity contribution is 5.91. The summed E-state index contributed by atoms with van der Waals surface area (Å²) >= 11 is 0. The van der Waals surface area contributed by atoms with Crippen LogP contribution in [0.15, 0.2) is 30.9 Å². The lowest BCUT2D eigenvalue weighted by atomic mass is 10.2. The SMILES string of the molecule is N#Cc1cc(NC(=O)CCn2cncn2)ccc1OC(F)(F)F. The molecular weight excluding hydrogens is 315 g/mol. The van der Waals surface area contributed by atoms with Crippen molar-refractivity contribution < 1.29 is 22.7 Å². The summed E-state index contributed by atoms with van der Waals surface area (Å²) in [6, 6.07) is 4.88.